The van der Waals surface area contributed by atoms with Gasteiger partial charge in [0.2, 0.25) is 0 Å². The van der Waals surface area contributed by atoms with Gasteiger partial charge in [-0.15, -0.1) is 11.3 Å². The summed E-state index contributed by atoms with van der Waals surface area (Å²) in [6.45, 7) is 0.412. The molecule has 5 heteroatoms. The Morgan fingerprint density at radius 3 is 2.79 bits per heavy atom. The van der Waals surface area contributed by atoms with Crippen molar-refractivity contribution in [3.63, 3.8) is 0 Å². The molecule has 1 N–H and O–H groups in total. The maximum atomic E-state index is 12.0. The van der Waals surface area contributed by atoms with E-state index in [2.05, 4.69) is 15.3 Å². The summed E-state index contributed by atoms with van der Waals surface area (Å²) in [4.78, 5) is 20.5. The van der Waals surface area contributed by atoms with Gasteiger partial charge in [0.1, 0.15) is 0 Å². The van der Waals surface area contributed by atoms with Crippen LogP contribution >= 0.6 is 11.3 Å². The van der Waals surface area contributed by atoms with Gasteiger partial charge in [-0.2, -0.15) is 0 Å². The summed E-state index contributed by atoms with van der Waals surface area (Å²) in [6, 6.07) is 13.3. The van der Waals surface area contributed by atoms with Gasteiger partial charge in [0.15, 0.2) is 5.01 Å². The van der Waals surface area contributed by atoms with Gasteiger partial charge >= 0.3 is 0 Å². The Balaban J connectivity index is 1.73. The van der Waals surface area contributed by atoms with E-state index in [1.54, 1.807) is 6.20 Å². The fourth-order valence-electron chi connectivity index (χ4n) is 1.72. The van der Waals surface area contributed by atoms with Crippen LogP contribution < -0.4 is 5.32 Å². The van der Waals surface area contributed by atoms with Crippen molar-refractivity contribution in [2.45, 2.75) is 6.54 Å². The zero-order valence-electron chi connectivity index (χ0n) is 10.0. The van der Waals surface area contributed by atoms with Crippen LogP contribution in [0.1, 0.15) is 15.5 Å². The number of nitrogens with one attached hydrogen (secondary N) is 1. The largest absolute Gasteiger partial charge is 0.344 e. The molecule has 0 radical (unpaired) electrons. The monoisotopic (exact) mass is 269 g/mol. The Morgan fingerprint density at radius 2 is 2.00 bits per heavy atom. The zero-order valence-corrected chi connectivity index (χ0v) is 10.9. The number of aromatic nitrogens is 2. The van der Waals surface area contributed by atoms with E-state index in [4.69, 9.17) is 0 Å². The molecule has 1 amide bonds. The summed E-state index contributed by atoms with van der Waals surface area (Å²) in [5, 5.41) is 3.31. The number of amides is 1. The number of para-hydroxylation sites is 1. The Labute approximate surface area is 114 Å². The first-order chi connectivity index (χ1) is 9.33. The van der Waals surface area contributed by atoms with Gasteiger partial charge in [-0.1, -0.05) is 18.2 Å². The van der Waals surface area contributed by atoms with Crippen molar-refractivity contribution in [1.82, 2.24) is 15.3 Å². The molecule has 94 valence electrons. The molecule has 0 saturated heterocycles. The van der Waals surface area contributed by atoms with E-state index in [-0.39, 0.29) is 5.91 Å². The van der Waals surface area contributed by atoms with Crippen molar-refractivity contribution >= 4 is 27.5 Å². The first kappa shape index (κ1) is 11.8. The number of carbonyl (C=O) groups is 1. The molecule has 1 aromatic carbocycles. The quantitative estimate of drug-likeness (QED) is 0.795. The topological polar surface area (TPSA) is 54.9 Å². The molecule has 0 atom stereocenters. The van der Waals surface area contributed by atoms with E-state index in [9.17, 15) is 4.79 Å². The molecule has 0 saturated carbocycles. The minimum atomic E-state index is -0.160. The van der Waals surface area contributed by atoms with E-state index >= 15 is 0 Å². The highest BCUT2D eigenvalue weighted by molar-refractivity contribution is 7.20. The molecule has 0 aliphatic rings. The second-order valence-electron chi connectivity index (χ2n) is 3.99. The highest BCUT2D eigenvalue weighted by atomic mass is 32.1. The lowest BCUT2D eigenvalue weighted by molar-refractivity contribution is 0.0950. The Morgan fingerprint density at radius 1 is 1.16 bits per heavy atom. The second kappa shape index (κ2) is 5.16. The van der Waals surface area contributed by atoms with Gasteiger partial charge in [-0.05, 0) is 24.3 Å². The van der Waals surface area contributed by atoms with Crippen molar-refractivity contribution in [3.8, 4) is 0 Å². The molecule has 0 unspecified atom stereocenters. The number of nitrogens with zero attached hydrogens (tertiary/aromatic N) is 2. The molecule has 3 rings (SSSR count). The fraction of sp³-hybridized carbons (Fsp3) is 0.0714. The number of benzene rings is 1. The van der Waals surface area contributed by atoms with Crippen molar-refractivity contribution < 1.29 is 4.79 Å². The number of hydrogen-bond acceptors (Lipinski definition) is 4. The van der Waals surface area contributed by atoms with Gasteiger partial charge < -0.3 is 5.32 Å². The third-order valence-corrected chi connectivity index (χ3v) is 3.68. The van der Waals surface area contributed by atoms with Crippen LogP contribution in [0, 0.1) is 0 Å². The summed E-state index contributed by atoms with van der Waals surface area (Å²) in [7, 11) is 0. The molecule has 0 bridgehead atoms. The van der Waals surface area contributed by atoms with Crippen molar-refractivity contribution in [3.05, 3.63) is 59.4 Å². The van der Waals surface area contributed by atoms with Gasteiger partial charge in [0, 0.05) is 6.20 Å². The van der Waals surface area contributed by atoms with E-state index in [0.29, 0.717) is 11.6 Å². The molecular formula is C14H11N3OS. The number of fused-ring (bicyclic) bond motifs is 1. The van der Waals surface area contributed by atoms with Crippen LogP contribution in [0.3, 0.4) is 0 Å². The maximum Gasteiger partial charge on any atom is 0.280 e. The van der Waals surface area contributed by atoms with E-state index < -0.39 is 0 Å². The summed E-state index contributed by atoms with van der Waals surface area (Å²) in [5.74, 6) is -0.160. The SMILES string of the molecule is O=C(NCc1ccccn1)c1nc2ccccc2s1. The molecule has 3 aromatic rings. The fourth-order valence-corrected chi connectivity index (χ4v) is 2.60. The Hall–Kier alpha value is -2.27. The van der Waals surface area contributed by atoms with Crippen LogP contribution in [-0.4, -0.2) is 15.9 Å². The molecule has 0 aliphatic heterocycles. The Kier molecular flexibility index (Phi) is 3.20. The average molecular weight is 269 g/mol. The van der Waals surface area contributed by atoms with Crippen molar-refractivity contribution in [2.24, 2.45) is 0 Å². The van der Waals surface area contributed by atoms with Crippen molar-refractivity contribution in [1.29, 1.82) is 0 Å². The molecule has 19 heavy (non-hydrogen) atoms. The minimum Gasteiger partial charge on any atom is -0.344 e. The van der Waals surface area contributed by atoms with Crippen molar-refractivity contribution in [2.75, 3.05) is 0 Å². The minimum absolute atomic E-state index is 0.160. The molecule has 0 spiro atoms. The van der Waals surface area contributed by atoms with Gasteiger partial charge in [0.25, 0.3) is 5.91 Å². The highest BCUT2D eigenvalue weighted by Gasteiger charge is 2.11. The lowest BCUT2D eigenvalue weighted by Gasteiger charge is -2.01. The van der Waals surface area contributed by atoms with Crippen LogP contribution in [0.25, 0.3) is 10.2 Å². The van der Waals surface area contributed by atoms with E-state index in [1.165, 1.54) is 11.3 Å². The average Bonchev–Trinajstić information content (AvgIpc) is 2.90. The molecule has 4 nitrogen and oxygen atoms in total. The number of thiazole rings is 1. The van der Waals surface area contributed by atoms with Gasteiger partial charge in [0.05, 0.1) is 22.5 Å². The van der Waals surface area contributed by atoms with Gasteiger partial charge in [-0.25, -0.2) is 4.98 Å². The predicted molar refractivity (Wildman–Crippen MR) is 75.0 cm³/mol. The lowest BCUT2D eigenvalue weighted by Crippen LogP contribution is -2.23. The standard InChI is InChI=1S/C14H11N3OS/c18-13(16-9-10-5-3-4-8-15-10)14-17-11-6-1-2-7-12(11)19-14/h1-8H,9H2,(H,16,18). The number of rotatable bonds is 3. The van der Waals surface area contributed by atoms with Crippen LogP contribution in [0.4, 0.5) is 0 Å². The summed E-state index contributed by atoms with van der Waals surface area (Å²) in [5.41, 5.74) is 1.69. The number of carbonyl (C=O) groups excluding carboxylic acids is 1. The number of pyridine rings is 1. The third-order valence-electron chi connectivity index (χ3n) is 2.64. The molecule has 0 fully saturated rings. The second-order valence-corrected chi connectivity index (χ2v) is 5.02. The van der Waals surface area contributed by atoms with Crippen LogP contribution in [0.2, 0.25) is 0 Å². The molecule has 2 heterocycles. The predicted octanol–water partition coefficient (Wildman–Crippen LogP) is 2.62. The summed E-state index contributed by atoms with van der Waals surface area (Å²) in [6.07, 6.45) is 1.71. The summed E-state index contributed by atoms with van der Waals surface area (Å²) >= 11 is 1.40. The smallest absolute Gasteiger partial charge is 0.280 e. The number of hydrogen-bond donors (Lipinski definition) is 1. The van der Waals surface area contributed by atoms with Crippen LogP contribution in [-0.2, 0) is 6.54 Å². The Bertz CT molecular complexity index is 676. The van der Waals surface area contributed by atoms with E-state index in [1.807, 2.05) is 42.5 Å². The van der Waals surface area contributed by atoms with Crippen LogP contribution in [0.5, 0.6) is 0 Å². The van der Waals surface area contributed by atoms with Gasteiger partial charge in [-0.3, -0.25) is 9.78 Å². The first-order valence-corrected chi connectivity index (χ1v) is 6.68. The highest BCUT2D eigenvalue weighted by Crippen LogP contribution is 2.21. The normalized spacial score (nSPS) is 10.5. The van der Waals surface area contributed by atoms with E-state index in [0.717, 1.165) is 15.9 Å². The third kappa shape index (κ3) is 2.61. The molecule has 0 aliphatic carbocycles. The molecule has 2 aromatic heterocycles. The van der Waals surface area contributed by atoms with Crippen LogP contribution in [0.15, 0.2) is 48.7 Å². The molecular weight excluding hydrogens is 258 g/mol. The maximum absolute atomic E-state index is 12.0. The first-order valence-electron chi connectivity index (χ1n) is 5.86. The summed E-state index contributed by atoms with van der Waals surface area (Å²) < 4.78 is 1.02. The zero-order chi connectivity index (χ0) is 13.1. The lowest BCUT2D eigenvalue weighted by atomic mass is 10.3.